The minimum absolute atomic E-state index is 0.174. The van der Waals surface area contributed by atoms with Gasteiger partial charge in [-0.15, -0.1) is 23.5 Å². The molecule has 1 saturated heterocycles. The highest BCUT2D eigenvalue weighted by molar-refractivity contribution is 8.20. The number of carbonyl (C=O) groups is 1. The van der Waals surface area contributed by atoms with E-state index in [9.17, 15) is 4.79 Å². The second-order valence-electron chi connectivity index (χ2n) is 2.91. The SMILES string of the molecule is CC(C)C1SCC(C(=O)O)S1. The van der Waals surface area contributed by atoms with Gasteiger partial charge in [-0.05, 0) is 5.92 Å². The topological polar surface area (TPSA) is 37.3 Å². The third kappa shape index (κ3) is 2.30. The van der Waals surface area contributed by atoms with E-state index in [-0.39, 0.29) is 5.25 Å². The van der Waals surface area contributed by atoms with Gasteiger partial charge >= 0.3 is 5.97 Å². The molecule has 1 aliphatic heterocycles. The Bertz CT molecular complexity index is 159. The quantitative estimate of drug-likeness (QED) is 0.725. The van der Waals surface area contributed by atoms with E-state index in [1.165, 1.54) is 0 Å². The van der Waals surface area contributed by atoms with E-state index in [2.05, 4.69) is 13.8 Å². The Kier molecular flexibility index (Phi) is 3.13. The molecule has 0 spiro atoms. The van der Waals surface area contributed by atoms with Gasteiger partial charge in [-0.25, -0.2) is 0 Å². The lowest BCUT2D eigenvalue weighted by Gasteiger charge is -2.11. The predicted molar refractivity (Wildman–Crippen MR) is 50.1 cm³/mol. The largest absolute Gasteiger partial charge is 0.480 e. The van der Waals surface area contributed by atoms with Crippen molar-refractivity contribution >= 4 is 29.5 Å². The first-order chi connectivity index (χ1) is 5.11. The molecule has 0 amide bonds. The zero-order valence-corrected chi connectivity index (χ0v) is 8.24. The Morgan fingerprint density at radius 3 is 2.55 bits per heavy atom. The minimum Gasteiger partial charge on any atom is -0.480 e. The summed E-state index contributed by atoms with van der Waals surface area (Å²) in [4.78, 5) is 10.5. The van der Waals surface area contributed by atoms with Gasteiger partial charge in [0.05, 0.1) is 4.58 Å². The van der Waals surface area contributed by atoms with Gasteiger partial charge in [-0.2, -0.15) is 0 Å². The summed E-state index contributed by atoms with van der Waals surface area (Å²) in [5.74, 6) is 0.683. The van der Waals surface area contributed by atoms with Gasteiger partial charge in [0.2, 0.25) is 0 Å². The van der Waals surface area contributed by atoms with Crippen LogP contribution in [0.1, 0.15) is 13.8 Å². The van der Waals surface area contributed by atoms with Crippen molar-refractivity contribution in [3.8, 4) is 0 Å². The lowest BCUT2D eigenvalue weighted by molar-refractivity contribution is -0.135. The summed E-state index contributed by atoms with van der Waals surface area (Å²) in [5, 5.41) is 8.50. The summed E-state index contributed by atoms with van der Waals surface area (Å²) in [6.45, 7) is 4.27. The average Bonchev–Trinajstić information content (AvgIpc) is 2.33. The summed E-state index contributed by atoms with van der Waals surface area (Å²) >= 11 is 3.36. The van der Waals surface area contributed by atoms with Crippen LogP contribution >= 0.6 is 23.5 Å². The molecule has 2 unspecified atom stereocenters. The molecule has 0 aliphatic carbocycles. The zero-order valence-electron chi connectivity index (χ0n) is 6.61. The highest BCUT2D eigenvalue weighted by Crippen LogP contribution is 2.41. The molecular formula is C7H12O2S2. The number of carboxylic acid groups (broad SMARTS) is 1. The lowest BCUT2D eigenvalue weighted by atomic mass is 10.3. The standard InChI is InChI=1S/C7H12O2S2/c1-4(2)7-10-3-5(11-7)6(8)9/h4-5,7H,3H2,1-2H3,(H,8,9). The Hall–Kier alpha value is 0.170. The summed E-state index contributed by atoms with van der Waals surface area (Å²) in [6.07, 6.45) is 0. The number of aliphatic carboxylic acids is 1. The maximum absolute atomic E-state index is 10.5. The summed E-state index contributed by atoms with van der Waals surface area (Å²) in [5.41, 5.74) is 0. The molecule has 0 saturated carbocycles. The van der Waals surface area contributed by atoms with Crippen LogP contribution in [0.2, 0.25) is 0 Å². The van der Waals surface area contributed by atoms with Gasteiger partial charge in [0, 0.05) is 5.75 Å². The summed E-state index contributed by atoms with van der Waals surface area (Å²) < 4.78 is 0.482. The zero-order chi connectivity index (χ0) is 8.43. The van der Waals surface area contributed by atoms with Crippen molar-refractivity contribution in [2.45, 2.75) is 23.7 Å². The van der Waals surface area contributed by atoms with E-state index in [4.69, 9.17) is 5.11 Å². The Morgan fingerprint density at radius 2 is 2.27 bits per heavy atom. The van der Waals surface area contributed by atoms with Crippen molar-refractivity contribution in [1.29, 1.82) is 0 Å². The van der Waals surface area contributed by atoms with Gasteiger partial charge in [0.15, 0.2) is 0 Å². The molecule has 1 aliphatic rings. The van der Waals surface area contributed by atoms with Crippen LogP contribution in [0.3, 0.4) is 0 Å². The van der Waals surface area contributed by atoms with E-state index < -0.39 is 5.97 Å². The first-order valence-electron chi connectivity index (χ1n) is 3.61. The second kappa shape index (κ2) is 3.72. The van der Waals surface area contributed by atoms with Crippen LogP contribution in [0.4, 0.5) is 0 Å². The molecule has 0 aromatic heterocycles. The van der Waals surface area contributed by atoms with Crippen molar-refractivity contribution in [3.05, 3.63) is 0 Å². The van der Waals surface area contributed by atoms with E-state index in [0.717, 1.165) is 5.75 Å². The maximum Gasteiger partial charge on any atom is 0.317 e. The van der Waals surface area contributed by atoms with E-state index in [1.54, 1.807) is 23.5 Å². The van der Waals surface area contributed by atoms with Crippen LogP contribution < -0.4 is 0 Å². The van der Waals surface area contributed by atoms with Crippen LogP contribution in [-0.4, -0.2) is 26.7 Å². The molecule has 0 aromatic rings. The smallest absolute Gasteiger partial charge is 0.317 e. The third-order valence-corrected chi connectivity index (χ3v) is 5.39. The molecule has 1 rings (SSSR count). The van der Waals surface area contributed by atoms with Crippen molar-refractivity contribution in [2.75, 3.05) is 5.75 Å². The molecule has 64 valence electrons. The fourth-order valence-electron chi connectivity index (χ4n) is 0.902. The lowest BCUT2D eigenvalue weighted by Crippen LogP contribution is -2.15. The van der Waals surface area contributed by atoms with E-state index in [1.807, 2.05) is 0 Å². The predicted octanol–water partition coefficient (Wildman–Crippen LogP) is 1.90. The molecule has 0 aromatic carbocycles. The van der Waals surface area contributed by atoms with Crippen LogP contribution in [-0.2, 0) is 4.79 Å². The van der Waals surface area contributed by atoms with Gasteiger partial charge in [0.1, 0.15) is 5.25 Å². The van der Waals surface area contributed by atoms with Gasteiger partial charge in [-0.1, -0.05) is 13.8 Å². The summed E-state index contributed by atoms with van der Waals surface area (Å²) in [6, 6.07) is 0. The van der Waals surface area contributed by atoms with E-state index in [0.29, 0.717) is 10.5 Å². The molecule has 4 heteroatoms. The maximum atomic E-state index is 10.5. The Morgan fingerprint density at radius 1 is 1.64 bits per heavy atom. The molecule has 0 radical (unpaired) electrons. The summed E-state index contributed by atoms with van der Waals surface area (Å²) in [7, 11) is 0. The first-order valence-corrected chi connectivity index (χ1v) is 5.60. The third-order valence-electron chi connectivity index (χ3n) is 1.53. The van der Waals surface area contributed by atoms with Crippen LogP contribution in [0.5, 0.6) is 0 Å². The molecule has 11 heavy (non-hydrogen) atoms. The van der Waals surface area contributed by atoms with Crippen LogP contribution in [0.25, 0.3) is 0 Å². The fourth-order valence-corrected chi connectivity index (χ4v) is 4.05. The highest BCUT2D eigenvalue weighted by Gasteiger charge is 2.32. The molecule has 1 heterocycles. The number of carboxylic acids is 1. The van der Waals surface area contributed by atoms with Crippen molar-refractivity contribution in [1.82, 2.24) is 0 Å². The Balaban J connectivity index is 2.41. The van der Waals surface area contributed by atoms with E-state index >= 15 is 0 Å². The molecule has 2 atom stereocenters. The number of hydrogen-bond acceptors (Lipinski definition) is 3. The monoisotopic (exact) mass is 192 g/mol. The molecule has 2 nitrogen and oxygen atoms in total. The van der Waals surface area contributed by atoms with Crippen molar-refractivity contribution in [2.24, 2.45) is 5.92 Å². The average molecular weight is 192 g/mol. The van der Waals surface area contributed by atoms with Gasteiger partial charge < -0.3 is 5.11 Å². The van der Waals surface area contributed by atoms with Crippen LogP contribution in [0, 0.1) is 5.92 Å². The van der Waals surface area contributed by atoms with Crippen LogP contribution in [0.15, 0.2) is 0 Å². The number of thioether (sulfide) groups is 2. The van der Waals surface area contributed by atoms with Gasteiger partial charge in [-0.3, -0.25) is 4.79 Å². The number of hydrogen-bond donors (Lipinski definition) is 1. The fraction of sp³-hybridized carbons (Fsp3) is 0.857. The molecule has 1 fully saturated rings. The van der Waals surface area contributed by atoms with Gasteiger partial charge in [0.25, 0.3) is 0 Å². The minimum atomic E-state index is -0.661. The molecule has 0 bridgehead atoms. The first kappa shape index (κ1) is 9.26. The van der Waals surface area contributed by atoms with Crippen molar-refractivity contribution in [3.63, 3.8) is 0 Å². The highest BCUT2D eigenvalue weighted by atomic mass is 32.2. The Labute approximate surface area is 75.1 Å². The second-order valence-corrected chi connectivity index (χ2v) is 5.73. The molecular weight excluding hydrogens is 180 g/mol. The molecule has 1 N–H and O–H groups in total. The van der Waals surface area contributed by atoms with Crippen molar-refractivity contribution < 1.29 is 9.90 Å². The number of rotatable bonds is 2. The normalized spacial score (nSPS) is 31.2.